The van der Waals surface area contributed by atoms with Crippen LogP contribution in [0.25, 0.3) is 0 Å². The maximum atomic E-state index is 7.96. The van der Waals surface area contributed by atoms with E-state index in [2.05, 4.69) is 316 Å². The van der Waals surface area contributed by atoms with E-state index in [1.807, 2.05) is 21.3 Å². The fourth-order valence-electron chi connectivity index (χ4n) is 13.5. The molecule has 0 N–H and O–H groups in total. The standard InChI is InChI=1S/C82H109BrO3/c1-50(2)64-44-66(52(5)6)72(47-70(64)80(84-25,60-36-28-56(29-37-60)76(13,14)15)61-38-30-57(31-39-61)77(16,17)18)82(86-27,74-49-75(83)69(55(11)12)46-68(74)54(9)10)73-48-71(65(51(3)4)45-67(73)53(7)8)81(85-26,62-40-32-58(33-41-62)78(19,20)21)63-42-34-59(35-43-63)79(22,23)24/h28-55H,1-27H3. The highest BCUT2D eigenvalue weighted by Crippen LogP contribution is 2.56. The summed E-state index contributed by atoms with van der Waals surface area (Å²) in [5.41, 5.74) is 18.8. The molecule has 0 saturated heterocycles. The fraction of sp³-hybridized carbons (Fsp3) is 0.488. The minimum absolute atomic E-state index is 0.0480. The molecule has 0 aliphatic rings. The number of rotatable bonds is 18. The van der Waals surface area contributed by atoms with Gasteiger partial charge in [-0.1, -0.05) is 297 Å². The van der Waals surface area contributed by atoms with Crippen molar-refractivity contribution in [3.05, 3.63) is 244 Å². The van der Waals surface area contributed by atoms with Crippen LogP contribution in [0.4, 0.5) is 0 Å². The Labute approximate surface area is 532 Å². The van der Waals surface area contributed by atoms with Crippen molar-refractivity contribution in [1.29, 1.82) is 0 Å². The third-order valence-corrected chi connectivity index (χ3v) is 19.5. The predicted octanol–water partition coefficient (Wildman–Crippen LogP) is 23.2. The summed E-state index contributed by atoms with van der Waals surface area (Å²) in [5, 5.41) is 0. The van der Waals surface area contributed by atoms with Crippen LogP contribution in [0.3, 0.4) is 0 Å². The van der Waals surface area contributed by atoms with Gasteiger partial charge < -0.3 is 14.2 Å². The Bertz CT molecular complexity index is 3140. The molecule has 0 bridgehead atoms. The molecular formula is C82H109BrO3. The van der Waals surface area contributed by atoms with Gasteiger partial charge in [0, 0.05) is 25.8 Å². The van der Waals surface area contributed by atoms with Crippen molar-refractivity contribution >= 4 is 15.9 Å². The smallest absolute Gasteiger partial charge is 0.144 e. The molecule has 7 aromatic rings. The van der Waals surface area contributed by atoms with E-state index < -0.39 is 16.8 Å². The highest BCUT2D eigenvalue weighted by molar-refractivity contribution is 9.10. The number of ether oxygens (including phenoxy) is 3. The molecule has 0 amide bonds. The minimum Gasteiger partial charge on any atom is -0.364 e. The van der Waals surface area contributed by atoms with Gasteiger partial charge in [-0.05, 0) is 181 Å². The monoisotopic (exact) mass is 1220 g/mol. The first-order valence-corrected chi connectivity index (χ1v) is 33.0. The van der Waals surface area contributed by atoms with E-state index in [1.54, 1.807) is 0 Å². The van der Waals surface area contributed by atoms with Crippen molar-refractivity contribution in [1.82, 2.24) is 0 Å². The number of halogens is 1. The Kier molecular flexibility index (Phi) is 20.2. The van der Waals surface area contributed by atoms with Gasteiger partial charge in [0.25, 0.3) is 0 Å². The number of methoxy groups -OCH3 is 3. The summed E-state index contributed by atoms with van der Waals surface area (Å²) in [5.74, 6) is 0.803. The maximum absolute atomic E-state index is 7.96. The van der Waals surface area contributed by atoms with Gasteiger partial charge in [0.1, 0.15) is 16.8 Å². The van der Waals surface area contributed by atoms with Crippen molar-refractivity contribution in [3.8, 4) is 0 Å². The summed E-state index contributed by atoms with van der Waals surface area (Å²) in [7, 11) is 5.80. The van der Waals surface area contributed by atoms with E-state index in [0.29, 0.717) is 0 Å². The average molecular weight is 1220 g/mol. The Morgan fingerprint density at radius 1 is 0.244 bits per heavy atom. The van der Waals surface area contributed by atoms with Crippen LogP contribution in [0, 0.1) is 0 Å². The van der Waals surface area contributed by atoms with Gasteiger partial charge in [-0.15, -0.1) is 0 Å². The second-order valence-corrected chi connectivity index (χ2v) is 31.8. The normalized spacial score (nSPS) is 13.4. The van der Waals surface area contributed by atoms with Crippen LogP contribution in [0.5, 0.6) is 0 Å². The molecule has 7 rings (SSSR count). The molecule has 0 aromatic heterocycles. The van der Waals surface area contributed by atoms with Crippen molar-refractivity contribution in [2.24, 2.45) is 0 Å². The molecule has 3 nitrogen and oxygen atoms in total. The topological polar surface area (TPSA) is 27.7 Å². The molecule has 0 spiro atoms. The maximum Gasteiger partial charge on any atom is 0.144 e. The molecular weight excluding hydrogens is 1110 g/mol. The fourth-order valence-corrected chi connectivity index (χ4v) is 14.3. The van der Waals surface area contributed by atoms with Crippen LogP contribution in [0.15, 0.2) is 138 Å². The van der Waals surface area contributed by atoms with Gasteiger partial charge in [-0.2, -0.15) is 0 Å². The lowest BCUT2D eigenvalue weighted by Gasteiger charge is -2.44. The Hall–Kier alpha value is -5.10. The van der Waals surface area contributed by atoms with Gasteiger partial charge in [0.15, 0.2) is 0 Å². The van der Waals surface area contributed by atoms with Crippen LogP contribution in [0.1, 0.15) is 307 Å². The minimum atomic E-state index is -1.23. The third kappa shape index (κ3) is 12.7. The van der Waals surface area contributed by atoms with Gasteiger partial charge >= 0.3 is 0 Å². The van der Waals surface area contributed by atoms with E-state index in [9.17, 15) is 0 Å². The van der Waals surface area contributed by atoms with E-state index in [-0.39, 0.29) is 57.2 Å². The summed E-state index contributed by atoms with van der Waals surface area (Å²) in [4.78, 5) is 0. The molecule has 0 heterocycles. The van der Waals surface area contributed by atoms with Crippen LogP contribution in [0.2, 0.25) is 0 Å². The molecule has 0 aliphatic heterocycles. The lowest BCUT2D eigenvalue weighted by atomic mass is 9.66. The molecule has 86 heavy (non-hydrogen) atoms. The Morgan fingerprint density at radius 3 is 0.605 bits per heavy atom. The van der Waals surface area contributed by atoms with E-state index in [1.165, 1.54) is 55.6 Å². The third-order valence-electron chi connectivity index (χ3n) is 18.8. The summed E-state index contributed by atoms with van der Waals surface area (Å²) < 4.78 is 23.9. The first-order chi connectivity index (χ1) is 39.9. The molecule has 462 valence electrons. The molecule has 0 fully saturated rings. The van der Waals surface area contributed by atoms with Crippen LogP contribution in [-0.2, 0) is 52.7 Å². The van der Waals surface area contributed by atoms with Gasteiger partial charge in [-0.25, -0.2) is 0 Å². The summed E-state index contributed by atoms with van der Waals surface area (Å²) >= 11 is 4.27. The second kappa shape index (κ2) is 25.4. The molecule has 0 atom stereocenters. The second-order valence-electron chi connectivity index (χ2n) is 30.9. The zero-order valence-electron chi connectivity index (χ0n) is 58.3. The Balaban J connectivity index is 1.83. The Morgan fingerprint density at radius 2 is 0.419 bits per heavy atom. The first kappa shape index (κ1) is 68.4. The molecule has 7 aromatic carbocycles. The molecule has 4 heteroatoms. The van der Waals surface area contributed by atoms with Gasteiger partial charge in [0.2, 0.25) is 0 Å². The number of hydrogen-bond donors (Lipinski definition) is 0. The lowest BCUT2D eigenvalue weighted by molar-refractivity contribution is 0.0479. The van der Waals surface area contributed by atoms with Crippen LogP contribution >= 0.6 is 15.9 Å². The van der Waals surface area contributed by atoms with E-state index >= 15 is 0 Å². The van der Waals surface area contributed by atoms with Crippen molar-refractivity contribution in [2.45, 2.75) is 240 Å². The number of hydrogen-bond acceptors (Lipinski definition) is 3. The first-order valence-electron chi connectivity index (χ1n) is 32.2. The summed E-state index contributed by atoms with van der Waals surface area (Å²) in [6.07, 6.45) is 0. The molecule has 0 radical (unpaired) electrons. The molecule has 0 unspecified atom stereocenters. The van der Waals surface area contributed by atoms with Crippen molar-refractivity contribution < 1.29 is 14.2 Å². The van der Waals surface area contributed by atoms with Gasteiger partial charge in [0.05, 0.1) is 0 Å². The average Bonchev–Trinajstić information content (AvgIpc) is 0.720. The van der Waals surface area contributed by atoms with E-state index in [0.717, 1.165) is 54.5 Å². The van der Waals surface area contributed by atoms with E-state index in [4.69, 9.17) is 14.2 Å². The van der Waals surface area contributed by atoms with Crippen molar-refractivity contribution in [3.63, 3.8) is 0 Å². The molecule has 0 saturated carbocycles. The SMILES string of the molecule is COC(c1ccc(C(C)(C)C)cc1)(c1ccc(C(C)(C)C)cc1)c1cc(C(OC)(c2cc(Br)c(C(C)C)cc2C(C)C)c2cc(C(OC)(c3ccc(C(C)(C)C)cc3)c3ccc(C(C)(C)C)cc3)c(C(C)C)cc2C(C)C)c(C(C)C)cc1C(C)C. The zero-order chi connectivity index (χ0) is 64.2. The summed E-state index contributed by atoms with van der Waals surface area (Å²) in [6, 6.07) is 52.2. The van der Waals surface area contributed by atoms with Gasteiger partial charge in [-0.3, -0.25) is 0 Å². The van der Waals surface area contributed by atoms with Crippen molar-refractivity contribution in [2.75, 3.05) is 21.3 Å². The van der Waals surface area contributed by atoms with Crippen LogP contribution < -0.4 is 0 Å². The van der Waals surface area contributed by atoms with Crippen LogP contribution in [-0.4, -0.2) is 21.3 Å². The number of benzene rings is 7. The quantitative estimate of drug-likeness (QED) is 0.0802. The highest BCUT2D eigenvalue weighted by atomic mass is 79.9. The zero-order valence-corrected chi connectivity index (χ0v) is 59.9. The largest absolute Gasteiger partial charge is 0.364 e. The summed E-state index contributed by atoms with van der Waals surface area (Å²) in [6.45, 7) is 55.6. The predicted molar refractivity (Wildman–Crippen MR) is 373 cm³/mol. The molecule has 0 aliphatic carbocycles. The highest BCUT2D eigenvalue weighted by Gasteiger charge is 2.49. The lowest BCUT2D eigenvalue weighted by Crippen LogP contribution is -2.39.